The molecule has 1 N–H and O–H groups in total. The summed E-state index contributed by atoms with van der Waals surface area (Å²) in [5.41, 5.74) is 2.52. The molecule has 2 heteroatoms. The predicted molar refractivity (Wildman–Crippen MR) is 131 cm³/mol. The highest BCUT2D eigenvalue weighted by atomic mass is 16.3. The number of hydrogen-bond donors (Lipinski definition) is 1. The molecule has 5 rings (SSSR count). The molecular formula is C30H48O2. The second kappa shape index (κ2) is 6.52. The van der Waals surface area contributed by atoms with Crippen LogP contribution >= 0.6 is 0 Å². The second-order valence-corrected chi connectivity index (χ2v) is 15.1. The maximum atomic E-state index is 13.7. The lowest BCUT2D eigenvalue weighted by Gasteiger charge is -2.70. The second-order valence-electron chi connectivity index (χ2n) is 15.1. The highest BCUT2D eigenvalue weighted by Crippen LogP contribution is 2.75. The molecule has 4 saturated carbocycles. The smallest absolute Gasteiger partial charge is 0.141 e. The molecule has 0 amide bonds. The summed E-state index contributed by atoms with van der Waals surface area (Å²) in [6.07, 6.45) is 12.5. The number of carbonyl (C=O) groups is 1. The number of rotatable bonds is 0. The quantitative estimate of drug-likeness (QED) is 0.400. The topological polar surface area (TPSA) is 37.3 Å². The molecule has 0 aliphatic heterocycles. The number of allylic oxidation sites excluding steroid dienone is 2. The average Bonchev–Trinajstić information content (AvgIpc) is 2.68. The first-order chi connectivity index (χ1) is 14.6. The molecule has 0 aromatic carbocycles. The van der Waals surface area contributed by atoms with Crippen LogP contribution in [0.3, 0.4) is 0 Å². The Morgan fingerprint density at radius 3 is 2.22 bits per heavy atom. The largest absolute Gasteiger partial charge is 0.392 e. The summed E-state index contributed by atoms with van der Waals surface area (Å²) >= 11 is 0. The molecule has 0 unspecified atom stereocenters. The Balaban J connectivity index is 1.61. The summed E-state index contributed by atoms with van der Waals surface area (Å²) in [6, 6.07) is 0. The zero-order valence-corrected chi connectivity index (χ0v) is 22.1. The SMILES string of the molecule is CC1(C)CC[C@]2(C)CC[C@]3(C)C(=CC[C@H]4[C@@]5(C)C(=O)C[C@@H](O)C(C)(C)[C@H]5CC[C@]43C)[C@@H]2C1. The summed E-state index contributed by atoms with van der Waals surface area (Å²) in [4.78, 5) is 13.7. The van der Waals surface area contributed by atoms with Crippen molar-refractivity contribution in [2.75, 3.05) is 0 Å². The lowest BCUT2D eigenvalue weighted by Crippen LogP contribution is -2.67. The molecule has 0 heterocycles. The summed E-state index contributed by atoms with van der Waals surface area (Å²) in [7, 11) is 0. The van der Waals surface area contributed by atoms with E-state index in [0.717, 1.165) is 12.8 Å². The van der Waals surface area contributed by atoms with Gasteiger partial charge in [0.1, 0.15) is 5.78 Å². The van der Waals surface area contributed by atoms with Crippen molar-refractivity contribution >= 4 is 5.78 Å². The normalized spacial score (nSPS) is 53.9. The minimum atomic E-state index is -0.498. The maximum Gasteiger partial charge on any atom is 0.141 e. The van der Waals surface area contributed by atoms with Gasteiger partial charge in [0.15, 0.2) is 0 Å². The molecule has 4 fully saturated rings. The van der Waals surface area contributed by atoms with Crippen LogP contribution in [0.4, 0.5) is 0 Å². The Hall–Kier alpha value is -0.630. The van der Waals surface area contributed by atoms with E-state index < -0.39 is 6.10 Å². The van der Waals surface area contributed by atoms with Gasteiger partial charge >= 0.3 is 0 Å². The third-order valence-electron chi connectivity index (χ3n) is 12.9. The zero-order chi connectivity index (χ0) is 23.5. The van der Waals surface area contributed by atoms with Gasteiger partial charge in [-0.1, -0.05) is 67.0 Å². The van der Waals surface area contributed by atoms with Gasteiger partial charge in [-0.25, -0.2) is 0 Å². The van der Waals surface area contributed by atoms with Crippen LogP contribution in [-0.2, 0) is 4.79 Å². The lowest BCUT2D eigenvalue weighted by atomic mass is 9.33. The molecule has 180 valence electrons. The van der Waals surface area contributed by atoms with E-state index in [1.807, 2.05) is 0 Å². The Kier molecular flexibility index (Phi) is 4.71. The molecule has 0 aromatic rings. The molecule has 0 aromatic heterocycles. The molecule has 0 bridgehead atoms. The van der Waals surface area contributed by atoms with Crippen molar-refractivity contribution in [1.82, 2.24) is 0 Å². The van der Waals surface area contributed by atoms with E-state index in [-0.39, 0.29) is 27.6 Å². The first-order valence-electron chi connectivity index (χ1n) is 13.5. The van der Waals surface area contributed by atoms with Crippen LogP contribution in [-0.4, -0.2) is 17.0 Å². The van der Waals surface area contributed by atoms with Crippen molar-refractivity contribution in [2.45, 2.75) is 119 Å². The van der Waals surface area contributed by atoms with Gasteiger partial charge in [0.05, 0.1) is 6.10 Å². The highest BCUT2D eigenvalue weighted by molar-refractivity contribution is 5.87. The van der Waals surface area contributed by atoms with Crippen molar-refractivity contribution in [3.8, 4) is 0 Å². The number of fused-ring (bicyclic) bond motifs is 7. The maximum absolute atomic E-state index is 13.7. The van der Waals surface area contributed by atoms with E-state index in [2.05, 4.69) is 61.5 Å². The Labute approximate surface area is 197 Å². The van der Waals surface area contributed by atoms with E-state index in [4.69, 9.17) is 0 Å². The van der Waals surface area contributed by atoms with E-state index in [0.29, 0.717) is 34.9 Å². The first-order valence-corrected chi connectivity index (χ1v) is 13.5. The summed E-state index contributed by atoms with van der Waals surface area (Å²) in [5, 5.41) is 10.8. The number of Topliss-reactive ketones (excluding diaryl/α,β-unsaturated/α-hetero) is 1. The van der Waals surface area contributed by atoms with Gasteiger partial charge < -0.3 is 5.11 Å². The molecule has 0 radical (unpaired) electrons. The molecule has 0 spiro atoms. The Morgan fingerprint density at radius 1 is 0.875 bits per heavy atom. The van der Waals surface area contributed by atoms with Crippen LogP contribution in [0.25, 0.3) is 0 Å². The van der Waals surface area contributed by atoms with Crippen molar-refractivity contribution in [3.63, 3.8) is 0 Å². The van der Waals surface area contributed by atoms with Gasteiger partial charge in [-0.15, -0.1) is 0 Å². The van der Waals surface area contributed by atoms with Gasteiger partial charge in [0, 0.05) is 11.8 Å². The Bertz CT molecular complexity index is 866. The third kappa shape index (κ3) is 2.65. The van der Waals surface area contributed by atoms with Crippen LogP contribution in [0.1, 0.15) is 113 Å². The zero-order valence-electron chi connectivity index (χ0n) is 22.1. The lowest BCUT2D eigenvalue weighted by molar-refractivity contribution is -0.201. The van der Waals surface area contributed by atoms with E-state index in [1.165, 1.54) is 38.5 Å². The summed E-state index contributed by atoms with van der Waals surface area (Å²) < 4.78 is 0. The van der Waals surface area contributed by atoms with Gasteiger partial charge in [-0.3, -0.25) is 4.79 Å². The fraction of sp³-hybridized carbons (Fsp3) is 0.900. The van der Waals surface area contributed by atoms with Gasteiger partial charge in [-0.2, -0.15) is 0 Å². The number of aliphatic hydroxyl groups excluding tert-OH is 1. The molecule has 5 aliphatic carbocycles. The van der Waals surface area contributed by atoms with E-state index >= 15 is 0 Å². The van der Waals surface area contributed by atoms with Crippen molar-refractivity contribution in [3.05, 3.63) is 11.6 Å². The number of aliphatic hydroxyl groups is 1. The van der Waals surface area contributed by atoms with Crippen LogP contribution in [0.15, 0.2) is 11.6 Å². The fourth-order valence-electron chi connectivity index (χ4n) is 10.2. The van der Waals surface area contributed by atoms with Crippen molar-refractivity contribution < 1.29 is 9.90 Å². The van der Waals surface area contributed by atoms with Gasteiger partial charge in [-0.05, 0) is 96.2 Å². The molecule has 5 aliphatic rings. The minimum absolute atomic E-state index is 0.166. The van der Waals surface area contributed by atoms with E-state index in [1.54, 1.807) is 5.57 Å². The van der Waals surface area contributed by atoms with Crippen molar-refractivity contribution in [2.24, 2.45) is 50.2 Å². The molecular weight excluding hydrogens is 392 g/mol. The third-order valence-corrected chi connectivity index (χ3v) is 12.9. The van der Waals surface area contributed by atoms with Gasteiger partial charge in [0.25, 0.3) is 0 Å². The minimum Gasteiger partial charge on any atom is -0.392 e. The average molecular weight is 441 g/mol. The summed E-state index contributed by atoms with van der Waals surface area (Å²) in [6.45, 7) is 19.4. The highest BCUT2D eigenvalue weighted by Gasteiger charge is 2.69. The van der Waals surface area contributed by atoms with E-state index in [9.17, 15) is 9.90 Å². The molecule has 0 saturated heterocycles. The standard InChI is InChI=1S/C30H48O2/c1-25(2)13-14-27(5)15-16-28(6)19(20(27)18-25)9-10-22-29(28,7)12-11-21-26(3,4)23(31)17-24(32)30(21,22)8/h9,20-23,31H,10-18H2,1-8H3/t20-,21+,22+,23+,27+,28+,29+,30-/m0/s1. The monoisotopic (exact) mass is 440 g/mol. The summed E-state index contributed by atoms with van der Waals surface area (Å²) in [5.74, 6) is 1.71. The molecule has 2 nitrogen and oxygen atoms in total. The molecule has 32 heavy (non-hydrogen) atoms. The number of carbonyl (C=O) groups excluding carboxylic acids is 1. The predicted octanol–water partition coefficient (Wildman–Crippen LogP) is 7.35. The Morgan fingerprint density at radius 2 is 1.53 bits per heavy atom. The van der Waals surface area contributed by atoms with Crippen LogP contribution in [0.5, 0.6) is 0 Å². The fourth-order valence-corrected chi connectivity index (χ4v) is 10.2. The van der Waals surface area contributed by atoms with Gasteiger partial charge in [0.2, 0.25) is 0 Å². The van der Waals surface area contributed by atoms with Crippen LogP contribution < -0.4 is 0 Å². The number of hydrogen-bond acceptors (Lipinski definition) is 2. The van der Waals surface area contributed by atoms with Crippen LogP contribution in [0.2, 0.25) is 0 Å². The van der Waals surface area contributed by atoms with Crippen LogP contribution in [0, 0.1) is 50.2 Å². The first kappa shape index (κ1) is 23.1. The number of ketones is 1. The van der Waals surface area contributed by atoms with Crippen molar-refractivity contribution in [1.29, 1.82) is 0 Å². The molecule has 8 atom stereocenters.